The van der Waals surface area contributed by atoms with Crippen molar-refractivity contribution in [2.45, 2.75) is 12.7 Å². The second-order valence-corrected chi connectivity index (χ2v) is 5.55. The molecule has 0 atom stereocenters. The van der Waals surface area contributed by atoms with Crippen molar-refractivity contribution in [1.82, 2.24) is 5.32 Å². The molecule has 0 spiro atoms. The number of benzene rings is 1. The molecule has 1 aromatic heterocycles. The SMILES string of the molecule is O=c1cc(C(F)(F)F)c2c(o1)/C(=C/c1ccc(Cl)cc1)CNC2. The minimum atomic E-state index is -4.61. The van der Waals surface area contributed by atoms with Crippen LogP contribution in [-0.4, -0.2) is 6.54 Å². The Morgan fingerprint density at radius 3 is 2.52 bits per heavy atom. The summed E-state index contributed by atoms with van der Waals surface area (Å²) in [5.74, 6) is -0.0153. The highest BCUT2D eigenvalue weighted by Gasteiger charge is 2.37. The van der Waals surface area contributed by atoms with E-state index in [0.29, 0.717) is 23.2 Å². The van der Waals surface area contributed by atoms with E-state index in [9.17, 15) is 18.0 Å². The Morgan fingerprint density at radius 1 is 1.17 bits per heavy atom. The zero-order chi connectivity index (χ0) is 16.6. The Kier molecular flexibility index (Phi) is 4.04. The monoisotopic (exact) mass is 341 g/mol. The van der Waals surface area contributed by atoms with Crippen molar-refractivity contribution in [3.63, 3.8) is 0 Å². The Bertz CT molecular complexity index is 823. The first-order valence-corrected chi connectivity index (χ1v) is 7.14. The van der Waals surface area contributed by atoms with Crippen LogP contribution in [0.3, 0.4) is 0 Å². The van der Waals surface area contributed by atoms with Crippen LogP contribution in [0.1, 0.15) is 22.5 Å². The van der Waals surface area contributed by atoms with Crippen molar-refractivity contribution in [2.75, 3.05) is 6.54 Å². The van der Waals surface area contributed by atoms with Crippen LogP contribution in [0.15, 0.2) is 39.5 Å². The Hall–Kier alpha value is -2.05. The first kappa shape index (κ1) is 15.8. The number of rotatable bonds is 1. The summed E-state index contributed by atoms with van der Waals surface area (Å²) in [6.07, 6.45) is -2.94. The fourth-order valence-corrected chi connectivity index (χ4v) is 2.61. The first-order valence-electron chi connectivity index (χ1n) is 6.76. The number of fused-ring (bicyclic) bond motifs is 1. The molecule has 120 valence electrons. The average molecular weight is 342 g/mol. The third-order valence-electron chi connectivity index (χ3n) is 3.49. The molecule has 0 unspecified atom stereocenters. The summed E-state index contributed by atoms with van der Waals surface area (Å²) in [7, 11) is 0. The molecule has 0 bridgehead atoms. The molecule has 3 nitrogen and oxygen atoms in total. The predicted molar refractivity (Wildman–Crippen MR) is 81.0 cm³/mol. The van der Waals surface area contributed by atoms with Gasteiger partial charge in [-0.3, -0.25) is 0 Å². The van der Waals surface area contributed by atoms with E-state index >= 15 is 0 Å². The topological polar surface area (TPSA) is 42.2 Å². The normalized spacial score (nSPS) is 16.4. The van der Waals surface area contributed by atoms with Gasteiger partial charge in [0.25, 0.3) is 0 Å². The van der Waals surface area contributed by atoms with E-state index < -0.39 is 17.4 Å². The molecule has 0 radical (unpaired) electrons. The second-order valence-electron chi connectivity index (χ2n) is 5.11. The summed E-state index contributed by atoms with van der Waals surface area (Å²) in [5, 5.41) is 3.45. The molecule has 0 saturated heterocycles. The maximum atomic E-state index is 13.1. The van der Waals surface area contributed by atoms with Gasteiger partial charge >= 0.3 is 11.8 Å². The van der Waals surface area contributed by atoms with Crippen LogP contribution in [-0.2, 0) is 12.7 Å². The van der Waals surface area contributed by atoms with Crippen LogP contribution in [0.2, 0.25) is 5.02 Å². The van der Waals surface area contributed by atoms with Crippen LogP contribution in [0.4, 0.5) is 13.2 Å². The van der Waals surface area contributed by atoms with Gasteiger partial charge in [0.2, 0.25) is 0 Å². The highest BCUT2D eigenvalue weighted by molar-refractivity contribution is 6.30. The highest BCUT2D eigenvalue weighted by atomic mass is 35.5. The van der Waals surface area contributed by atoms with E-state index in [1.807, 2.05) is 0 Å². The van der Waals surface area contributed by atoms with Gasteiger partial charge in [-0.15, -0.1) is 0 Å². The molecule has 1 N–H and O–H groups in total. The van der Waals surface area contributed by atoms with Crippen molar-refractivity contribution in [3.8, 4) is 0 Å². The van der Waals surface area contributed by atoms with Crippen molar-refractivity contribution in [3.05, 3.63) is 68.2 Å². The number of hydrogen-bond acceptors (Lipinski definition) is 3. The van der Waals surface area contributed by atoms with Gasteiger partial charge in [0.15, 0.2) is 0 Å². The lowest BCUT2D eigenvalue weighted by Gasteiger charge is -2.22. The highest BCUT2D eigenvalue weighted by Crippen LogP contribution is 2.36. The van der Waals surface area contributed by atoms with Gasteiger partial charge in [-0.1, -0.05) is 23.7 Å². The van der Waals surface area contributed by atoms with Gasteiger partial charge in [0.05, 0.1) is 5.56 Å². The molecular formula is C16H11ClF3NO2. The fourth-order valence-electron chi connectivity index (χ4n) is 2.49. The number of halogens is 4. The Morgan fingerprint density at radius 2 is 1.87 bits per heavy atom. The lowest BCUT2D eigenvalue weighted by molar-refractivity contribution is -0.138. The van der Waals surface area contributed by atoms with Gasteiger partial charge in [0, 0.05) is 35.3 Å². The summed E-state index contributed by atoms with van der Waals surface area (Å²) in [6.45, 7) is 0.297. The first-order chi connectivity index (χ1) is 10.8. The smallest absolute Gasteiger partial charge is 0.417 e. The molecule has 1 aliphatic rings. The van der Waals surface area contributed by atoms with Gasteiger partial charge < -0.3 is 9.73 Å². The zero-order valence-corrected chi connectivity index (χ0v) is 12.5. The number of hydrogen-bond donors (Lipinski definition) is 1. The maximum absolute atomic E-state index is 13.1. The average Bonchev–Trinajstić information content (AvgIpc) is 2.48. The standard InChI is InChI=1S/C16H11ClF3NO2/c17-11-3-1-9(2-4-11)5-10-7-21-8-12-13(16(18,19)20)6-14(22)23-15(10)12/h1-6,21H,7-8H2/b10-5+. The van der Waals surface area contributed by atoms with Gasteiger partial charge in [0.1, 0.15) is 5.76 Å². The summed E-state index contributed by atoms with van der Waals surface area (Å²) < 4.78 is 44.4. The van der Waals surface area contributed by atoms with Gasteiger partial charge in [-0.2, -0.15) is 13.2 Å². The predicted octanol–water partition coefficient (Wildman–Crippen LogP) is 3.96. The van der Waals surface area contributed by atoms with E-state index in [-0.39, 0.29) is 17.9 Å². The van der Waals surface area contributed by atoms with E-state index in [4.69, 9.17) is 16.0 Å². The summed E-state index contributed by atoms with van der Waals surface area (Å²) in [5.41, 5.74) is -0.794. The third kappa shape index (κ3) is 3.33. The van der Waals surface area contributed by atoms with Gasteiger partial charge in [-0.05, 0) is 23.8 Å². The van der Waals surface area contributed by atoms with Crippen LogP contribution in [0, 0.1) is 0 Å². The van der Waals surface area contributed by atoms with Crippen molar-refractivity contribution in [1.29, 1.82) is 0 Å². The van der Waals surface area contributed by atoms with Crippen molar-refractivity contribution >= 4 is 23.3 Å². The quantitative estimate of drug-likeness (QED) is 0.854. The fraction of sp³-hybridized carbons (Fsp3) is 0.188. The van der Waals surface area contributed by atoms with E-state index in [1.54, 1.807) is 30.3 Å². The summed E-state index contributed by atoms with van der Waals surface area (Å²) in [6, 6.07) is 7.30. The third-order valence-corrected chi connectivity index (χ3v) is 3.74. The van der Waals surface area contributed by atoms with Crippen LogP contribution in [0.25, 0.3) is 11.6 Å². The Labute approximate surface area is 134 Å². The lowest BCUT2D eigenvalue weighted by atomic mass is 9.97. The molecular weight excluding hydrogens is 331 g/mol. The number of alkyl halides is 3. The van der Waals surface area contributed by atoms with Crippen LogP contribution >= 0.6 is 11.6 Å². The van der Waals surface area contributed by atoms with Crippen molar-refractivity contribution < 1.29 is 17.6 Å². The van der Waals surface area contributed by atoms with E-state index in [0.717, 1.165) is 5.56 Å². The molecule has 3 rings (SSSR count). The summed E-state index contributed by atoms with van der Waals surface area (Å²) >= 11 is 5.81. The number of nitrogens with one attached hydrogen (secondary N) is 1. The minimum Gasteiger partial charge on any atom is -0.423 e. The molecule has 0 saturated carbocycles. The van der Waals surface area contributed by atoms with E-state index in [1.165, 1.54) is 0 Å². The van der Waals surface area contributed by atoms with Gasteiger partial charge in [-0.25, -0.2) is 4.79 Å². The largest absolute Gasteiger partial charge is 0.423 e. The lowest BCUT2D eigenvalue weighted by Crippen LogP contribution is -2.28. The molecule has 1 aliphatic heterocycles. The molecule has 23 heavy (non-hydrogen) atoms. The molecule has 0 fully saturated rings. The van der Waals surface area contributed by atoms with E-state index in [2.05, 4.69) is 5.32 Å². The zero-order valence-electron chi connectivity index (χ0n) is 11.7. The maximum Gasteiger partial charge on any atom is 0.417 e. The molecule has 0 amide bonds. The molecule has 0 aliphatic carbocycles. The minimum absolute atomic E-state index is 0.00802. The molecule has 1 aromatic carbocycles. The molecule has 7 heteroatoms. The van der Waals surface area contributed by atoms with Crippen LogP contribution < -0.4 is 10.9 Å². The Balaban J connectivity index is 2.14. The van der Waals surface area contributed by atoms with Crippen LogP contribution in [0.5, 0.6) is 0 Å². The second kappa shape index (κ2) is 5.86. The molecule has 2 aromatic rings. The molecule has 2 heterocycles. The summed E-state index contributed by atoms with van der Waals surface area (Å²) in [4.78, 5) is 11.5. The van der Waals surface area contributed by atoms with Crippen molar-refractivity contribution in [2.24, 2.45) is 0 Å².